The lowest BCUT2D eigenvalue weighted by atomic mass is 10.2. The number of carbonyl (C=O) groups excluding carboxylic acids is 1. The molecule has 1 amide bonds. The van der Waals surface area contributed by atoms with E-state index in [-0.39, 0.29) is 5.91 Å². The fourth-order valence-corrected chi connectivity index (χ4v) is 2.82. The van der Waals surface area contributed by atoms with E-state index in [0.717, 1.165) is 16.1 Å². The summed E-state index contributed by atoms with van der Waals surface area (Å²) in [6.07, 6.45) is 5.29. The summed E-state index contributed by atoms with van der Waals surface area (Å²) in [6, 6.07) is 15.8. The predicted octanol–water partition coefficient (Wildman–Crippen LogP) is 3.44. The lowest BCUT2D eigenvalue weighted by Gasteiger charge is -2.02. The molecule has 3 rings (SSSR count). The Morgan fingerprint density at radius 3 is 2.83 bits per heavy atom. The lowest BCUT2D eigenvalue weighted by Crippen LogP contribution is -2.25. The summed E-state index contributed by atoms with van der Waals surface area (Å²) in [7, 11) is 0. The van der Waals surface area contributed by atoms with Crippen LogP contribution in [0.1, 0.15) is 5.56 Å². The largest absolute Gasteiger partial charge is 0.351 e. The van der Waals surface area contributed by atoms with E-state index >= 15 is 0 Å². The molecule has 0 radical (unpaired) electrons. The van der Waals surface area contributed by atoms with Gasteiger partial charge < -0.3 is 5.32 Å². The molecule has 0 saturated carbocycles. The summed E-state index contributed by atoms with van der Waals surface area (Å²) in [5.41, 5.74) is 1.98. The van der Waals surface area contributed by atoms with Gasteiger partial charge in [0, 0.05) is 18.8 Å². The number of thiophene rings is 1. The first-order chi connectivity index (χ1) is 11.3. The Hall–Kier alpha value is -2.66. The van der Waals surface area contributed by atoms with Crippen LogP contribution in [0.3, 0.4) is 0 Å². The average molecular weight is 323 g/mol. The maximum Gasteiger partial charge on any atom is 0.244 e. The fraction of sp³-hybridized carbons (Fsp3) is 0.111. The molecule has 0 spiro atoms. The molecule has 1 aromatic carbocycles. The van der Waals surface area contributed by atoms with Crippen molar-refractivity contribution >= 4 is 23.3 Å². The normalized spacial score (nSPS) is 11.0. The summed E-state index contributed by atoms with van der Waals surface area (Å²) in [5.74, 6) is -0.0977. The van der Waals surface area contributed by atoms with Crippen LogP contribution in [0.15, 0.2) is 66.2 Å². The van der Waals surface area contributed by atoms with E-state index in [2.05, 4.69) is 10.4 Å². The van der Waals surface area contributed by atoms with Crippen LogP contribution < -0.4 is 5.32 Å². The highest BCUT2D eigenvalue weighted by Crippen LogP contribution is 2.22. The average Bonchev–Trinajstić information content (AvgIpc) is 3.25. The van der Waals surface area contributed by atoms with E-state index in [1.165, 1.54) is 0 Å². The van der Waals surface area contributed by atoms with Crippen LogP contribution in [-0.2, 0) is 11.3 Å². The smallest absolute Gasteiger partial charge is 0.244 e. The zero-order valence-electron chi connectivity index (χ0n) is 12.6. The van der Waals surface area contributed by atoms with Gasteiger partial charge in [0.15, 0.2) is 0 Å². The molecule has 0 aliphatic carbocycles. The first kappa shape index (κ1) is 15.2. The van der Waals surface area contributed by atoms with Gasteiger partial charge in [0.2, 0.25) is 5.91 Å². The third-order valence-corrected chi connectivity index (χ3v) is 4.17. The molecule has 0 aliphatic heterocycles. The molecular weight excluding hydrogens is 306 g/mol. The summed E-state index contributed by atoms with van der Waals surface area (Å²) < 4.78 is 1.84. The number of hydrogen-bond acceptors (Lipinski definition) is 3. The van der Waals surface area contributed by atoms with Crippen molar-refractivity contribution in [2.24, 2.45) is 0 Å². The Morgan fingerprint density at radius 2 is 2.04 bits per heavy atom. The maximum atomic E-state index is 11.8. The Balaban J connectivity index is 1.46. The van der Waals surface area contributed by atoms with Crippen molar-refractivity contribution in [3.8, 4) is 10.6 Å². The van der Waals surface area contributed by atoms with Crippen LogP contribution in [0.2, 0.25) is 0 Å². The van der Waals surface area contributed by atoms with Gasteiger partial charge in [-0.05, 0) is 29.2 Å². The van der Waals surface area contributed by atoms with Gasteiger partial charge >= 0.3 is 0 Å². The van der Waals surface area contributed by atoms with E-state index in [0.29, 0.717) is 13.1 Å². The third-order valence-electron chi connectivity index (χ3n) is 3.28. The minimum Gasteiger partial charge on any atom is -0.351 e. The Labute approximate surface area is 139 Å². The number of benzene rings is 1. The molecule has 1 N–H and O–H groups in total. The molecule has 116 valence electrons. The fourth-order valence-electron chi connectivity index (χ4n) is 2.13. The molecule has 0 saturated heterocycles. The van der Waals surface area contributed by atoms with Gasteiger partial charge in [-0.25, -0.2) is 0 Å². The highest BCUT2D eigenvalue weighted by molar-refractivity contribution is 7.13. The van der Waals surface area contributed by atoms with Crippen molar-refractivity contribution in [3.05, 3.63) is 71.7 Å². The molecular formula is C18H17N3OS. The minimum absolute atomic E-state index is 0.0977. The highest BCUT2D eigenvalue weighted by atomic mass is 32.1. The van der Waals surface area contributed by atoms with Gasteiger partial charge in [-0.2, -0.15) is 5.10 Å². The summed E-state index contributed by atoms with van der Waals surface area (Å²) in [6.45, 7) is 1.19. The Bertz CT molecular complexity index is 776. The summed E-state index contributed by atoms with van der Waals surface area (Å²) in [4.78, 5) is 12.9. The van der Waals surface area contributed by atoms with E-state index < -0.39 is 0 Å². The van der Waals surface area contributed by atoms with Gasteiger partial charge in [0.25, 0.3) is 0 Å². The lowest BCUT2D eigenvalue weighted by molar-refractivity contribution is -0.116. The second-order valence-corrected chi connectivity index (χ2v) is 5.92. The van der Waals surface area contributed by atoms with Crippen LogP contribution >= 0.6 is 11.3 Å². The molecule has 0 bridgehead atoms. The molecule has 0 fully saturated rings. The number of nitrogens with zero attached hydrogens (tertiary/aromatic N) is 2. The summed E-state index contributed by atoms with van der Waals surface area (Å²) in [5, 5.41) is 9.40. The van der Waals surface area contributed by atoms with Crippen molar-refractivity contribution in [2.75, 3.05) is 6.54 Å². The standard InChI is InChI=1S/C18H17N3OS/c22-18(9-8-15-5-2-1-3-6-15)19-11-13-21-12-10-16(20-21)17-7-4-14-23-17/h1-10,12,14H,11,13H2,(H,19,22). The van der Waals surface area contributed by atoms with E-state index in [4.69, 9.17) is 0 Å². The second kappa shape index (κ2) is 7.56. The molecule has 3 aromatic rings. The molecule has 23 heavy (non-hydrogen) atoms. The highest BCUT2D eigenvalue weighted by Gasteiger charge is 2.03. The van der Waals surface area contributed by atoms with Crippen molar-refractivity contribution in [2.45, 2.75) is 6.54 Å². The van der Waals surface area contributed by atoms with Crippen molar-refractivity contribution in [1.82, 2.24) is 15.1 Å². The van der Waals surface area contributed by atoms with Gasteiger partial charge in [-0.3, -0.25) is 9.48 Å². The zero-order valence-corrected chi connectivity index (χ0v) is 13.4. The number of carbonyl (C=O) groups is 1. The van der Waals surface area contributed by atoms with Crippen LogP contribution in [0.25, 0.3) is 16.6 Å². The van der Waals surface area contributed by atoms with Crippen LogP contribution in [-0.4, -0.2) is 22.2 Å². The van der Waals surface area contributed by atoms with Crippen molar-refractivity contribution in [3.63, 3.8) is 0 Å². The van der Waals surface area contributed by atoms with Gasteiger partial charge in [0.05, 0.1) is 11.4 Å². The number of nitrogens with one attached hydrogen (secondary N) is 1. The molecule has 4 nitrogen and oxygen atoms in total. The van der Waals surface area contributed by atoms with Crippen LogP contribution in [0.5, 0.6) is 0 Å². The SMILES string of the molecule is O=C(C=Cc1ccccc1)NCCn1ccc(-c2cccs2)n1. The number of hydrogen-bond donors (Lipinski definition) is 1. The number of rotatable bonds is 6. The van der Waals surface area contributed by atoms with Crippen molar-refractivity contribution < 1.29 is 4.79 Å². The zero-order chi connectivity index (χ0) is 15.9. The molecule has 0 unspecified atom stereocenters. The molecule has 0 aliphatic rings. The van der Waals surface area contributed by atoms with Gasteiger partial charge in [0.1, 0.15) is 5.69 Å². The maximum absolute atomic E-state index is 11.8. The minimum atomic E-state index is -0.0977. The van der Waals surface area contributed by atoms with Crippen LogP contribution in [0, 0.1) is 0 Å². The van der Waals surface area contributed by atoms with Crippen LogP contribution in [0.4, 0.5) is 0 Å². The summed E-state index contributed by atoms with van der Waals surface area (Å²) >= 11 is 1.67. The quantitative estimate of drug-likeness (QED) is 0.706. The Morgan fingerprint density at radius 1 is 1.17 bits per heavy atom. The van der Waals surface area contributed by atoms with E-state index in [9.17, 15) is 4.79 Å². The van der Waals surface area contributed by atoms with Gasteiger partial charge in [-0.1, -0.05) is 36.4 Å². The van der Waals surface area contributed by atoms with Gasteiger partial charge in [-0.15, -0.1) is 11.3 Å². The topological polar surface area (TPSA) is 46.9 Å². The first-order valence-corrected chi connectivity index (χ1v) is 8.27. The number of amides is 1. The number of aromatic nitrogens is 2. The van der Waals surface area contributed by atoms with Crippen molar-refractivity contribution in [1.29, 1.82) is 0 Å². The van der Waals surface area contributed by atoms with E-state index in [1.807, 2.05) is 64.8 Å². The first-order valence-electron chi connectivity index (χ1n) is 7.39. The Kier molecular flexibility index (Phi) is 5.01. The molecule has 0 atom stereocenters. The predicted molar refractivity (Wildman–Crippen MR) is 94.0 cm³/mol. The molecule has 2 aromatic heterocycles. The van der Waals surface area contributed by atoms with E-state index in [1.54, 1.807) is 23.5 Å². The monoisotopic (exact) mass is 323 g/mol. The third kappa shape index (κ3) is 4.40. The second-order valence-electron chi connectivity index (χ2n) is 4.98. The molecule has 5 heteroatoms. The molecule has 2 heterocycles.